The Morgan fingerprint density at radius 1 is 1.35 bits per heavy atom. The lowest BCUT2D eigenvalue weighted by Crippen LogP contribution is -2.52. The largest absolute Gasteiger partial charge is 0.435 e. The van der Waals surface area contributed by atoms with Crippen LogP contribution in [0.3, 0.4) is 0 Å². The molecule has 1 N–H and O–H groups in total. The highest BCUT2D eigenvalue weighted by Crippen LogP contribution is 2.31. The van der Waals surface area contributed by atoms with Crippen LogP contribution in [0.4, 0.5) is 13.2 Å². The summed E-state index contributed by atoms with van der Waals surface area (Å²) in [5, 5.41) is 12.7. The molecule has 0 aromatic carbocycles. The van der Waals surface area contributed by atoms with Crippen LogP contribution in [0.5, 0.6) is 0 Å². The van der Waals surface area contributed by atoms with Gasteiger partial charge in [-0.05, 0) is 6.42 Å². The molecule has 1 aliphatic rings. The van der Waals surface area contributed by atoms with E-state index in [1.807, 2.05) is 6.92 Å². The highest BCUT2D eigenvalue weighted by Gasteiger charge is 2.40. The van der Waals surface area contributed by atoms with Crippen LogP contribution in [-0.2, 0) is 13.2 Å². The number of halogens is 3. The summed E-state index contributed by atoms with van der Waals surface area (Å²) in [4.78, 5) is 15.9. The third-order valence-electron chi connectivity index (χ3n) is 4.13. The summed E-state index contributed by atoms with van der Waals surface area (Å²) >= 11 is 0. The van der Waals surface area contributed by atoms with Gasteiger partial charge in [-0.25, -0.2) is 0 Å². The number of hydrogen-bond donors (Lipinski definition) is 1. The number of carbonyl (C=O) groups is 1. The molecule has 1 unspecified atom stereocenters. The van der Waals surface area contributed by atoms with E-state index in [2.05, 4.69) is 10.00 Å². The maximum atomic E-state index is 13.0. The van der Waals surface area contributed by atoms with Crippen molar-refractivity contribution >= 4 is 5.91 Å². The standard InChI is InChI=1S/C14H21F3N4O2/c1-3-10(9-22)20-4-6-21(7-5-20)13(23)11-8-19(2)18-12(11)14(15,16)17/h8,10,22H,3-7,9H2,1-2H3. The third-order valence-corrected chi connectivity index (χ3v) is 4.13. The summed E-state index contributed by atoms with van der Waals surface area (Å²) in [6, 6.07) is 0.0244. The van der Waals surface area contributed by atoms with Gasteiger partial charge in [0, 0.05) is 45.5 Å². The molecule has 1 aromatic rings. The molecule has 0 aliphatic carbocycles. The first-order chi connectivity index (χ1) is 10.8. The summed E-state index contributed by atoms with van der Waals surface area (Å²) in [6.07, 6.45) is -2.76. The number of amides is 1. The molecular formula is C14H21F3N4O2. The third kappa shape index (κ3) is 3.84. The maximum absolute atomic E-state index is 13.0. The van der Waals surface area contributed by atoms with Gasteiger partial charge in [0.05, 0.1) is 12.2 Å². The van der Waals surface area contributed by atoms with Crippen molar-refractivity contribution in [2.45, 2.75) is 25.6 Å². The second kappa shape index (κ2) is 6.88. The van der Waals surface area contributed by atoms with Gasteiger partial charge in [-0.1, -0.05) is 6.92 Å². The molecule has 9 heteroatoms. The predicted molar refractivity (Wildman–Crippen MR) is 76.9 cm³/mol. The molecule has 1 fully saturated rings. The summed E-state index contributed by atoms with van der Waals surface area (Å²) in [5.41, 5.74) is -1.56. The second-order valence-corrected chi connectivity index (χ2v) is 5.64. The van der Waals surface area contributed by atoms with Crippen molar-refractivity contribution in [3.63, 3.8) is 0 Å². The quantitative estimate of drug-likeness (QED) is 0.891. The number of piperazine rings is 1. The smallest absolute Gasteiger partial charge is 0.395 e. The monoisotopic (exact) mass is 334 g/mol. The summed E-state index contributed by atoms with van der Waals surface area (Å²) in [7, 11) is 1.36. The summed E-state index contributed by atoms with van der Waals surface area (Å²) in [5.74, 6) is -0.651. The van der Waals surface area contributed by atoms with Crippen LogP contribution in [0.2, 0.25) is 0 Å². The average molecular weight is 334 g/mol. The van der Waals surface area contributed by atoms with Crippen LogP contribution in [-0.4, -0.2) is 69.4 Å². The molecule has 0 radical (unpaired) electrons. The molecule has 0 bridgehead atoms. The number of aryl methyl sites for hydroxylation is 1. The number of hydrogen-bond acceptors (Lipinski definition) is 4. The van der Waals surface area contributed by atoms with Crippen molar-refractivity contribution < 1.29 is 23.1 Å². The van der Waals surface area contributed by atoms with Gasteiger partial charge < -0.3 is 10.0 Å². The Balaban J connectivity index is 2.09. The Hall–Kier alpha value is -1.61. The topological polar surface area (TPSA) is 61.6 Å². The molecule has 6 nitrogen and oxygen atoms in total. The zero-order valence-electron chi connectivity index (χ0n) is 13.2. The lowest BCUT2D eigenvalue weighted by Gasteiger charge is -2.38. The van der Waals surface area contributed by atoms with E-state index in [1.165, 1.54) is 11.9 Å². The van der Waals surface area contributed by atoms with Crippen molar-refractivity contribution in [2.75, 3.05) is 32.8 Å². The van der Waals surface area contributed by atoms with Crippen molar-refractivity contribution in [1.82, 2.24) is 19.6 Å². The Labute approximate surface area is 132 Å². The number of nitrogens with zero attached hydrogens (tertiary/aromatic N) is 4. The van der Waals surface area contributed by atoms with Crippen LogP contribution in [0.25, 0.3) is 0 Å². The SMILES string of the molecule is CCC(CO)N1CCN(C(=O)c2cn(C)nc2C(F)(F)F)CC1. The Bertz CT molecular complexity index is 547. The van der Waals surface area contributed by atoms with Crippen LogP contribution in [0.1, 0.15) is 29.4 Å². The molecule has 1 saturated heterocycles. The number of aromatic nitrogens is 2. The number of alkyl halides is 3. The van der Waals surface area contributed by atoms with E-state index in [9.17, 15) is 23.1 Å². The molecule has 130 valence electrons. The lowest BCUT2D eigenvalue weighted by atomic mass is 10.1. The zero-order valence-corrected chi connectivity index (χ0v) is 13.2. The van der Waals surface area contributed by atoms with Crippen LogP contribution < -0.4 is 0 Å². The molecule has 23 heavy (non-hydrogen) atoms. The number of aliphatic hydroxyl groups excluding tert-OH is 1. The van der Waals surface area contributed by atoms with Crippen molar-refractivity contribution in [3.05, 3.63) is 17.5 Å². The fourth-order valence-electron chi connectivity index (χ4n) is 2.82. The van der Waals surface area contributed by atoms with Gasteiger partial charge in [0.25, 0.3) is 5.91 Å². The Morgan fingerprint density at radius 3 is 2.43 bits per heavy atom. The second-order valence-electron chi connectivity index (χ2n) is 5.64. The zero-order chi connectivity index (χ0) is 17.2. The fraction of sp³-hybridized carbons (Fsp3) is 0.714. The van der Waals surface area contributed by atoms with E-state index >= 15 is 0 Å². The van der Waals surface area contributed by atoms with E-state index in [4.69, 9.17) is 0 Å². The minimum Gasteiger partial charge on any atom is -0.395 e. The molecule has 1 aliphatic heterocycles. The van der Waals surface area contributed by atoms with Gasteiger partial charge in [0.15, 0.2) is 5.69 Å². The molecule has 1 atom stereocenters. The molecular weight excluding hydrogens is 313 g/mol. The molecule has 2 heterocycles. The van der Waals surface area contributed by atoms with Gasteiger partial charge in [-0.15, -0.1) is 0 Å². The van der Waals surface area contributed by atoms with E-state index in [-0.39, 0.29) is 12.6 Å². The van der Waals surface area contributed by atoms with E-state index in [0.717, 1.165) is 17.3 Å². The van der Waals surface area contributed by atoms with Gasteiger partial charge in [0.2, 0.25) is 0 Å². The molecule has 0 spiro atoms. The van der Waals surface area contributed by atoms with Crippen LogP contribution >= 0.6 is 0 Å². The van der Waals surface area contributed by atoms with Crippen molar-refractivity contribution in [2.24, 2.45) is 7.05 Å². The maximum Gasteiger partial charge on any atom is 0.435 e. The van der Waals surface area contributed by atoms with Crippen molar-refractivity contribution in [3.8, 4) is 0 Å². The van der Waals surface area contributed by atoms with Gasteiger partial charge >= 0.3 is 6.18 Å². The van der Waals surface area contributed by atoms with Gasteiger partial charge in [-0.2, -0.15) is 18.3 Å². The fourth-order valence-corrected chi connectivity index (χ4v) is 2.82. The van der Waals surface area contributed by atoms with E-state index in [0.29, 0.717) is 26.2 Å². The van der Waals surface area contributed by atoms with Gasteiger partial charge in [0.1, 0.15) is 0 Å². The number of rotatable bonds is 4. The highest BCUT2D eigenvalue weighted by molar-refractivity contribution is 5.95. The average Bonchev–Trinajstić information content (AvgIpc) is 2.91. The minimum absolute atomic E-state index is 0.0244. The molecule has 0 saturated carbocycles. The van der Waals surface area contributed by atoms with Crippen molar-refractivity contribution in [1.29, 1.82) is 0 Å². The first-order valence-electron chi connectivity index (χ1n) is 7.53. The number of carbonyl (C=O) groups excluding carboxylic acids is 1. The minimum atomic E-state index is -4.65. The molecule has 1 aromatic heterocycles. The summed E-state index contributed by atoms with van der Waals surface area (Å²) < 4.78 is 39.9. The van der Waals surface area contributed by atoms with Gasteiger partial charge in [-0.3, -0.25) is 14.4 Å². The Morgan fingerprint density at radius 2 is 1.96 bits per heavy atom. The highest BCUT2D eigenvalue weighted by atomic mass is 19.4. The predicted octanol–water partition coefficient (Wildman–Crippen LogP) is 0.968. The van der Waals surface area contributed by atoms with E-state index < -0.39 is 23.3 Å². The first-order valence-corrected chi connectivity index (χ1v) is 7.53. The Kier molecular flexibility index (Phi) is 5.30. The lowest BCUT2D eigenvalue weighted by molar-refractivity contribution is -0.141. The first kappa shape index (κ1) is 17.7. The summed E-state index contributed by atoms with van der Waals surface area (Å²) in [6.45, 7) is 3.73. The normalized spacial score (nSPS) is 18.3. The molecule has 2 rings (SSSR count). The van der Waals surface area contributed by atoms with E-state index in [1.54, 1.807) is 0 Å². The number of aliphatic hydroxyl groups is 1. The van der Waals surface area contributed by atoms with Crippen LogP contribution in [0.15, 0.2) is 6.20 Å². The molecule has 1 amide bonds. The van der Waals surface area contributed by atoms with Crippen LogP contribution in [0, 0.1) is 0 Å².